The summed E-state index contributed by atoms with van der Waals surface area (Å²) in [6.45, 7) is 0.311. The molecule has 5 aliphatic rings. The molecule has 2 aliphatic heterocycles. The highest BCUT2D eigenvalue weighted by Gasteiger charge is 2.51. The van der Waals surface area contributed by atoms with Gasteiger partial charge in [-0.3, -0.25) is 9.59 Å². The van der Waals surface area contributed by atoms with E-state index < -0.39 is 24.2 Å². The first-order valence-electron chi connectivity index (χ1n) is 14.7. The third-order valence-corrected chi connectivity index (χ3v) is 9.67. The monoisotopic (exact) mass is 560 g/mol. The van der Waals surface area contributed by atoms with Crippen LogP contribution in [-0.4, -0.2) is 65.1 Å². The number of para-hydroxylation sites is 1. The average molecular weight is 561 g/mol. The van der Waals surface area contributed by atoms with Crippen molar-refractivity contribution in [1.82, 2.24) is 10.2 Å². The lowest BCUT2D eigenvalue weighted by atomic mass is 9.77. The molecule has 0 spiro atoms. The van der Waals surface area contributed by atoms with Gasteiger partial charge in [-0.05, 0) is 66.9 Å². The van der Waals surface area contributed by atoms with Crippen LogP contribution in [0.5, 0.6) is 17.2 Å². The Labute approximate surface area is 239 Å². The number of hydrogen-bond acceptors (Lipinski definition) is 7. The molecule has 7 atom stereocenters. The van der Waals surface area contributed by atoms with Crippen LogP contribution in [0.4, 0.5) is 0 Å². The summed E-state index contributed by atoms with van der Waals surface area (Å²) in [5.41, 5.74) is 2.11. The molecule has 0 saturated heterocycles. The Kier molecular flexibility index (Phi) is 6.87. The maximum absolute atomic E-state index is 14.2. The highest BCUT2D eigenvalue weighted by molar-refractivity contribution is 5.96. The second kappa shape index (κ2) is 10.7. The first-order chi connectivity index (χ1) is 20.0. The fourth-order valence-corrected chi connectivity index (χ4v) is 7.75. The molecule has 3 aliphatic carbocycles. The Bertz CT molecular complexity index is 1380. The Morgan fingerprint density at radius 2 is 1.88 bits per heavy atom. The largest absolute Gasteiger partial charge is 0.486 e. The molecular weight excluding hydrogens is 524 g/mol. The molecule has 216 valence electrons. The van der Waals surface area contributed by atoms with Gasteiger partial charge in [0.15, 0.2) is 11.5 Å². The van der Waals surface area contributed by atoms with Gasteiger partial charge in [0.25, 0.3) is 0 Å². The SMILES string of the molecule is O=C(NCCO)C1=C[C@@H](N(Cc2ccc3c(c2)OCO3)C(=O)CC2CC3CCC2C3)[C@H](O)[C@H]2Oc3ccccc3[C@@H]12. The summed E-state index contributed by atoms with van der Waals surface area (Å²) in [5, 5.41) is 24.0. The van der Waals surface area contributed by atoms with Gasteiger partial charge in [0.05, 0.1) is 18.6 Å². The number of ether oxygens (including phenoxy) is 3. The first-order valence-corrected chi connectivity index (χ1v) is 14.7. The zero-order valence-electron chi connectivity index (χ0n) is 22.9. The van der Waals surface area contributed by atoms with Crippen LogP contribution in [0.2, 0.25) is 0 Å². The van der Waals surface area contributed by atoms with E-state index in [4.69, 9.17) is 14.2 Å². The van der Waals surface area contributed by atoms with Crippen LogP contribution >= 0.6 is 0 Å². The predicted molar refractivity (Wildman–Crippen MR) is 148 cm³/mol. The number of benzene rings is 2. The second-order valence-electron chi connectivity index (χ2n) is 12.0. The third kappa shape index (κ3) is 4.75. The zero-order valence-corrected chi connectivity index (χ0v) is 22.9. The lowest BCUT2D eigenvalue weighted by Gasteiger charge is -2.41. The highest BCUT2D eigenvalue weighted by atomic mass is 16.7. The van der Waals surface area contributed by atoms with Crippen LogP contribution < -0.4 is 19.5 Å². The molecule has 2 saturated carbocycles. The normalized spacial score (nSPS) is 30.3. The number of aliphatic hydroxyl groups is 2. The number of rotatable bonds is 8. The number of nitrogens with zero attached hydrogens (tertiary/aromatic N) is 1. The zero-order chi connectivity index (χ0) is 28.1. The van der Waals surface area contributed by atoms with Gasteiger partial charge in [-0.15, -0.1) is 0 Å². The summed E-state index contributed by atoms with van der Waals surface area (Å²) < 4.78 is 17.3. The van der Waals surface area contributed by atoms with E-state index in [9.17, 15) is 19.8 Å². The van der Waals surface area contributed by atoms with Crippen molar-refractivity contribution in [3.63, 3.8) is 0 Å². The molecule has 2 bridgehead atoms. The van der Waals surface area contributed by atoms with Gasteiger partial charge in [0, 0.05) is 30.6 Å². The summed E-state index contributed by atoms with van der Waals surface area (Å²) in [4.78, 5) is 29.3. The number of carbonyl (C=O) groups excluding carboxylic acids is 2. The predicted octanol–water partition coefficient (Wildman–Crippen LogP) is 2.89. The van der Waals surface area contributed by atoms with E-state index in [1.807, 2.05) is 42.5 Å². The fourth-order valence-electron chi connectivity index (χ4n) is 7.75. The summed E-state index contributed by atoms with van der Waals surface area (Å²) >= 11 is 0. The van der Waals surface area contributed by atoms with E-state index in [0.29, 0.717) is 47.0 Å². The Balaban J connectivity index is 1.24. The molecule has 2 fully saturated rings. The maximum Gasteiger partial charge on any atom is 0.247 e. The minimum Gasteiger partial charge on any atom is -0.486 e. The summed E-state index contributed by atoms with van der Waals surface area (Å²) in [7, 11) is 0. The molecule has 9 nitrogen and oxygen atoms in total. The van der Waals surface area contributed by atoms with Crippen LogP contribution in [0.3, 0.4) is 0 Å². The van der Waals surface area contributed by atoms with Crippen molar-refractivity contribution in [3.8, 4) is 17.2 Å². The topological polar surface area (TPSA) is 118 Å². The van der Waals surface area contributed by atoms with Gasteiger partial charge >= 0.3 is 0 Å². The molecule has 2 amide bonds. The standard InChI is InChI=1S/C32H36N2O7/c35-10-9-33-32(38)23-15-24(30(37)31-29(23)22-3-1-2-4-25(22)41-31)34(16-19-6-8-26-27(13-19)40-17-39-26)28(36)14-21-12-18-5-7-20(21)11-18/h1-4,6,8,13,15,18,20-21,24,29-31,35,37H,5,7,9-12,14,16-17H2,(H,33,38)/t18?,20?,21?,24-,29+,30+,31+/m1/s1. The number of nitrogens with one attached hydrogen (secondary N) is 1. The lowest BCUT2D eigenvalue weighted by Crippen LogP contribution is -2.55. The molecular formula is C32H36N2O7. The molecule has 0 aromatic heterocycles. The van der Waals surface area contributed by atoms with Crippen LogP contribution in [-0.2, 0) is 16.1 Å². The number of aliphatic hydroxyl groups excluding tert-OH is 2. The van der Waals surface area contributed by atoms with Crippen molar-refractivity contribution in [3.05, 3.63) is 65.2 Å². The molecule has 41 heavy (non-hydrogen) atoms. The van der Waals surface area contributed by atoms with E-state index in [1.54, 1.807) is 11.0 Å². The summed E-state index contributed by atoms with van der Waals surface area (Å²) in [6.07, 6.45) is 5.10. The Hall–Kier alpha value is -3.56. The summed E-state index contributed by atoms with van der Waals surface area (Å²) in [5.74, 6) is 2.70. The van der Waals surface area contributed by atoms with E-state index in [1.165, 1.54) is 19.3 Å². The van der Waals surface area contributed by atoms with Crippen molar-refractivity contribution >= 4 is 11.8 Å². The Morgan fingerprint density at radius 3 is 2.68 bits per heavy atom. The van der Waals surface area contributed by atoms with Crippen molar-refractivity contribution in [2.45, 2.75) is 62.8 Å². The van der Waals surface area contributed by atoms with E-state index in [2.05, 4.69) is 5.32 Å². The highest BCUT2D eigenvalue weighted by Crippen LogP contribution is 2.50. The van der Waals surface area contributed by atoms with Crippen LogP contribution in [0.25, 0.3) is 0 Å². The Morgan fingerprint density at radius 1 is 1.02 bits per heavy atom. The van der Waals surface area contributed by atoms with E-state index >= 15 is 0 Å². The minimum atomic E-state index is -1.06. The number of carbonyl (C=O) groups is 2. The molecule has 0 radical (unpaired) electrons. The van der Waals surface area contributed by atoms with E-state index in [-0.39, 0.29) is 38.3 Å². The van der Waals surface area contributed by atoms with Crippen molar-refractivity contribution in [2.24, 2.45) is 17.8 Å². The molecule has 2 aromatic carbocycles. The lowest BCUT2D eigenvalue weighted by molar-refractivity contribution is -0.139. The van der Waals surface area contributed by atoms with Crippen molar-refractivity contribution in [2.75, 3.05) is 19.9 Å². The minimum absolute atomic E-state index is 0.0374. The maximum atomic E-state index is 14.2. The van der Waals surface area contributed by atoms with Gasteiger partial charge in [0.2, 0.25) is 18.6 Å². The molecule has 3 N–H and O–H groups in total. The first kappa shape index (κ1) is 26.3. The van der Waals surface area contributed by atoms with Crippen molar-refractivity contribution in [1.29, 1.82) is 0 Å². The van der Waals surface area contributed by atoms with Gasteiger partial charge in [-0.25, -0.2) is 0 Å². The van der Waals surface area contributed by atoms with Gasteiger partial charge in [0.1, 0.15) is 18.0 Å². The van der Waals surface area contributed by atoms with Crippen LogP contribution in [0.1, 0.15) is 49.1 Å². The number of hydrogen-bond donors (Lipinski definition) is 3. The van der Waals surface area contributed by atoms with E-state index in [0.717, 1.165) is 17.5 Å². The average Bonchev–Trinajstić information content (AvgIpc) is 3.78. The number of amides is 2. The third-order valence-electron chi connectivity index (χ3n) is 9.67. The van der Waals surface area contributed by atoms with Crippen LogP contribution in [0, 0.1) is 17.8 Å². The number of fused-ring (bicyclic) bond motifs is 6. The molecule has 3 unspecified atom stereocenters. The van der Waals surface area contributed by atoms with Gasteiger partial charge in [-0.1, -0.05) is 30.7 Å². The molecule has 7 rings (SSSR count). The molecule has 2 aromatic rings. The quantitative estimate of drug-likeness (QED) is 0.455. The second-order valence-corrected chi connectivity index (χ2v) is 12.0. The fraction of sp³-hybridized carbons (Fsp3) is 0.500. The van der Waals surface area contributed by atoms with Gasteiger partial charge < -0.3 is 34.6 Å². The summed E-state index contributed by atoms with van der Waals surface area (Å²) in [6, 6.07) is 12.3. The van der Waals surface area contributed by atoms with Crippen LogP contribution in [0.15, 0.2) is 54.1 Å². The van der Waals surface area contributed by atoms with Gasteiger partial charge in [-0.2, -0.15) is 0 Å². The van der Waals surface area contributed by atoms with Crippen molar-refractivity contribution < 1.29 is 34.0 Å². The molecule has 2 heterocycles. The smallest absolute Gasteiger partial charge is 0.247 e. The molecule has 9 heteroatoms.